The van der Waals surface area contributed by atoms with Crippen molar-refractivity contribution in [2.45, 2.75) is 65.5 Å². The summed E-state index contributed by atoms with van der Waals surface area (Å²) in [7, 11) is 0. The minimum Gasteiger partial charge on any atom is -0.300 e. The van der Waals surface area contributed by atoms with Crippen LogP contribution in [0, 0.1) is 16.7 Å². The van der Waals surface area contributed by atoms with Crippen molar-refractivity contribution in [3.05, 3.63) is 0 Å². The topological polar surface area (TPSA) is 39.1 Å². The predicted molar refractivity (Wildman–Crippen MR) is 76.4 cm³/mol. The highest BCUT2D eigenvalue weighted by Gasteiger charge is 2.34. The molecule has 0 aliphatic carbocycles. The van der Waals surface area contributed by atoms with E-state index in [0.29, 0.717) is 11.5 Å². The van der Waals surface area contributed by atoms with Gasteiger partial charge in [0, 0.05) is 12.6 Å². The van der Waals surface area contributed by atoms with Crippen molar-refractivity contribution >= 4 is 0 Å². The molecule has 0 radical (unpaired) electrons. The molecule has 0 bridgehead atoms. The summed E-state index contributed by atoms with van der Waals surface area (Å²) >= 11 is 0. The third kappa shape index (κ3) is 4.26. The van der Waals surface area contributed by atoms with Gasteiger partial charge in [0.25, 0.3) is 0 Å². The van der Waals surface area contributed by atoms with E-state index in [2.05, 4.69) is 44.0 Å². The summed E-state index contributed by atoms with van der Waals surface area (Å²) in [6.45, 7) is 14.3. The molecule has 0 aromatic heterocycles. The van der Waals surface area contributed by atoms with Crippen LogP contribution in [0.15, 0.2) is 0 Å². The largest absolute Gasteiger partial charge is 0.300 e. The molecular formula is C15H29N3. The predicted octanol–water partition coefficient (Wildman–Crippen LogP) is 2.78. The molecule has 1 aliphatic rings. The van der Waals surface area contributed by atoms with Gasteiger partial charge in [-0.05, 0) is 51.6 Å². The summed E-state index contributed by atoms with van der Waals surface area (Å²) in [5.41, 5.74) is 0.0519. The Hall–Kier alpha value is -0.590. The van der Waals surface area contributed by atoms with E-state index in [9.17, 15) is 5.26 Å². The maximum absolute atomic E-state index is 9.38. The Morgan fingerprint density at radius 2 is 2.17 bits per heavy atom. The first-order valence-corrected chi connectivity index (χ1v) is 7.22. The smallest absolute Gasteiger partial charge is 0.105 e. The van der Waals surface area contributed by atoms with Gasteiger partial charge in [-0.25, -0.2) is 0 Å². The van der Waals surface area contributed by atoms with Crippen LogP contribution in [-0.2, 0) is 0 Å². The Balaban J connectivity index is 2.52. The number of nitriles is 1. The highest BCUT2D eigenvalue weighted by atomic mass is 15.2. The molecule has 3 heteroatoms. The third-order valence-electron chi connectivity index (χ3n) is 4.05. The van der Waals surface area contributed by atoms with Crippen molar-refractivity contribution in [2.24, 2.45) is 5.41 Å². The van der Waals surface area contributed by atoms with Crippen LogP contribution in [0.1, 0.15) is 53.9 Å². The van der Waals surface area contributed by atoms with E-state index in [1.807, 2.05) is 6.92 Å². The van der Waals surface area contributed by atoms with Crippen molar-refractivity contribution in [1.29, 1.82) is 5.26 Å². The van der Waals surface area contributed by atoms with E-state index < -0.39 is 0 Å². The van der Waals surface area contributed by atoms with Gasteiger partial charge in [-0.3, -0.25) is 5.32 Å². The number of nitrogens with one attached hydrogen (secondary N) is 1. The molecule has 0 spiro atoms. The van der Waals surface area contributed by atoms with Gasteiger partial charge in [-0.1, -0.05) is 20.8 Å². The summed E-state index contributed by atoms with van der Waals surface area (Å²) in [5, 5.41) is 12.8. The van der Waals surface area contributed by atoms with E-state index in [0.717, 1.165) is 25.9 Å². The minimum atomic E-state index is -0.387. The van der Waals surface area contributed by atoms with E-state index in [1.54, 1.807) is 0 Å². The number of hydrogen-bond donors (Lipinski definition) is 1. The van der Waals surface area contributed by atoms with Crippen LogP contribution >= 0.6 is 0 Å². The molecule has 0 amide bonds. The monoisotopic (exact) mass is 251 g/mol. The van der Waals surface area contributed by atoms with Gasteiger partial charge >= 0.3 is 0 Å². The van der Waals surface area contributed by atoms with E-state index in [1.165, 1.54) is 13.0 Å². The average molecular weight is 251 g/mol. The van der Waals surface area contributed by atoms with Crippen molar-refractivity contribution in [3.8, 4) is 6.07 Å². The fourth-order valence-corrected chi connectivity index (χ4v) is 2.81. The Morgan fingerprint density at radius 1 is 1.50 bits per heavy atom. The van der Waals surface area contributed by atoms with Crippen LogP contribution in [0.2, 0.25) is 0 Å². The quantitative estimate of drug-likeness (QED) is 0.789. The number of nitrogens with zero attached hydrogens (tertiary/aromatic N) is 2. The van der Waals surface area contributed by atoms with Crippen molar-refractivity contribution < 1.29 is 0 Å². The Morgan fingerprint density at radius 3 is 2.61 bits per heavy atom. The summed E-state index contributed by atoms with van der Waals surface area (Å²) in [6, 6.07) is 2.92. The summed E-state index contributed by atoms with van der Waals surface area (Å²) in [6.07, 6.45) is 3.24. The van der Waals surface area contributed by atoms with Crippen LogP contribution in [0.25, 0.3) is 0 Å². The Kier molecular flexibility index (Phi) is 5.19. The molecule has 104 valence electrons. The zero-order chi connectivity index (χ0) is 13.8. The lowest BCUT2D eigenvalue weighted by Crippen LogP contribution is -2.47. The molecule has 1 saturated heterocycles. The number of hydrogen-bond acceptors (Lipinski definition) is 3. The molecule has 1 fully saturated rings. The molecule has 1 aliphatic heterocycles. The van der Waals surface area contributed by atoms with Crippen LogP contribution < -0.4 is 5.32 Å². The second kappa shape index (κ2) is 6.04. The summed E-state index contributed by atoms with van der Waals surface area (Å²) < 4.78 is 0. The highest BCUT2D eigenvalue weighted by molar-refractivity contribution is 5.05. The third-order valence-corrected chi connectivity index (χ3v) is 4.05. The molecule has 0 saturated carbocycles. The van der Waals surface area contributed by atoms with Gasteiger partial charge < -0.3 is 4.90 Å². The molecule has 2 unspecified atom stereocenters. The van der Waals surface area contributed by atoms with Gasteiger partial charge in [-0.2, -0.15) is 5.26 Å². The number of likely N-dealkylation sites (tertiary alicyclic amines) is 1. The second-order valence-electron chi connectivity index (χ2n) is 6.81. The molecule has 2 atom stereocenters. The van der Waals surface area contributed by atoms with Crippen LogP contribution in [-0.4, -0.2) is 36.1 Å². The second-order valence-corrected chi connectivity index (χ2v) is 6.81. The zero-order valence-electron chi connectivity index (χ0n) is 12.7. The van der Waals surface area contributed by atoms with Gasteiger partial charge in [0.2, 0.25) is 0 Å². The molecule has 3 nitrogen and oxygen atoms in total. The first-order valence-electron chi connectivity index (χ1n) is 7.22. The van der Waals surface area contributed by atoms with E-state index in [4.69, 9.17) is 0 Å². The maximum atomic E-state index is 9.38. The van der Waals surface area contributed by atoms with Gasteiger partial charge in [0.1, 0.15) is 5.54 Å². The molecule has 1 rings (SSSR count). The zero-order valence-corrected chi connectivity index (χ0v) is 12.7. The lowest BCUT2D eigenvalue weighted by atomic mass is 9.92. The van der Waals surface area contributed by atoms with E-state index >= 15 is 0 Å². The van der Waals surface area contributed by atoms with Crippen LogP contribution in [0.4, 0.5) is 0 Å². The lowest BCUT2D eigenvalue weighted by Gasteiger charge is -2.32. The van der Waals surface area contributed by atoms with Crippen molar-refractivity contribution in [3.63, 3.8) is 0 Å². The normalized spacial score (nSPS) is 24.4. The minimum absolute atomic E-state index is 0.387. The van der Waals surface area contributed by atoms with Crippen molar-refractivity contribution in [1.82, 2.24) is 10.2 Å². The number of rotatable bonds is 6. The summed E-state index contributed by atoms with van der Waals surface area (Å²) in [5.74, 6) is 0. The molecular weight excluding hydrogens is 222 g/mol. The average Bonchev–Trinajstić information content (AvgIpc) is 2.67. The van der Waals surface area contributed by atoms with Gasteiger partial charge in [0.05, 0.1) is 6.07 Å². The Bertz CT molecular complexity index is 305. The fraction of sp³-hybridized carbons (Fsp3) is 0.933. The first kappa shape index (κ1) is 15.5. The van der Waals surface area contributed by atoms with E-state index in [-0.39, 0.29) is 5.54 Å². The van der Waals surface area contributed by atoms with Crippen LogP contribution in [0.3, 0.4) is 0 Å². The molecule has 1 heterocycles. The maximum Gasteiger partial charge on any atom is 0.105 e. The molecule has 18 heavy (non-hydrogen) atoms. The highest BCUT2D eigenvalue weighted by Crippen LogP contribution is 2.31. The lowest BCUT2D eigenvalue weighted by molar-refractivity contribution is 0.194. The fourth-order valence-electron chi connectivity index (χ4n) is 2.81. The van der Waals surface area contributed by atoms with Gasteiger partial charge in [-0.15, -0.1) is 0 Å². The first-order chi connectivity index (χ1) is 8.32. The molecule has 1 N–H and O–H groups in total. The molecule has 0 aromatic carbocycles. The van der Waals surface area contributed by atoms with Crippen LogP contribution in [0.5, 0.6) is 0 Å². The molecule has 0 aromatic rings. The standard InChI is InChI=1S/C15H29N3/c1-6-8-17-15(5,11-16)10-13(2)18-9-7-14(3,4)12-18/h13,17H,6-10,12H2,1-5H3. The van der Waals surface area contributed by atoms with Gasteiger partial charge in [0.15, 0.2) is 0 Å². The Labute approximate surface area is 113 Å². The summed E-state index contributed by atoms with van der Waals surface area (Å²) in [4.78, 5) is 2.53. The SMILES string of the molecule is CCCNC(C)(C#N)CC(C)N1CCC(C)(C)C1. The van der Waals surface area contributed by atoms with Crippen molar-refractivity contribution in [2.75, 3.05) is 19.6 Å².